The van der Waals surface area contributed by atoms with Gasteiger partial charge in [-0.05, 0) is 11.8 Å². The quantitative estimate of drug-likeness (QED) is 0.177. The minimum Gasteiger partial charge on any atom is -0.0654 e. The van der Waals surface area contributed by atoms with Crippen LogP contribution in [0.15, 0.2) is 0 Å². The third kappa shape index (κ3) is 22.0. The topological polar surface area (TPSA) is 0 Å². The Labute approximate surface area is 168 Å². The standard InChI is InChI=1S/C26H54/c1-5-6-7-8-9-14-17-20-23-26(4)24-21-18-15-12-10-11-13-16-19-22-25(2)3/h25-26H,5-24H2,1-4H3. The molecule has 0 aromatic rings. The van der Waals surface area contributed by atoms with E-state index in [0.29, 0.717) is 0 Å². The number of rotatable bonds is 21. The molecule has 0 aliphatic heterocycles. The van der Waals surface area contributed by atoms with Gasteiger partial charge in [0.1, 0.15) is 0 Å². The molecular formula is C26H54. The molecule has 26 heavy (non-hydrogen) atoms. The average Bonchev–Trinajstić information content (AvgIpc) is 2.61. The highest BCUT2D eigenvalue weighted by Gasteiger charge is 2.02. The molecule has 0 radical (unpaired) electrons. The second-order valence-electron chi connectivity index (χ2n) is 9.52. The molecule has 0 N–H and O–H groups in total. The average molecular weight is 367 g/mol. The second kappa shape index (κ2) is 21.3. The van der Waals surface area contributed by atoms with Crippen LogP contribution in [0.4, 0.5) is 0 Å². The van der Waals surface area contributed by atoms with Crippen LogP contribution in [0.25, 0.3) is 0 Å². The lowest BCUT2D eigenvalue weighted by molar-refractivity contribution is 0.429. The Morgan fingerprint density at radius 3 is 1.04 bits per heavy atom. The van der Waals surface area contributed by atoms with E-state index >= 15 is 0 Å². The van der Waals surface area contributed by atoms with Crippen LogP contribution in [0.5, 0.6) is 0 Å². The summed E-state index contributed by atoms with van der Waals surface area (Å²) < 4.78 is 0. The Bertz CT molecular complexity index is 242. The van der Waals surface area contributed by atoms with Gasteiger partial charge in [-0.25, -0.2) is 0 Å². The first kappa shape index (κ1) is 26.0. The normalized spacial score (nSPS) is 12.8. The fourth-order valence-electron chi connectivity index (χ4n) is 4.05. The van der Waals surface area contributed by atoms with Crippen LogP contribution in [0, 0.1) is 11.8 Å². The van der Waals surface area contributed by atoms with Crippen LogP contribution in [-0.4, -0.2) is 0 Å². The van der Waals surface area contributed by atoms with E-state index in [-0.39, 0.29) is 0 Å². The van der Waals surface area contributed by atoms with Crippen molar-refractivity contribution in [1.82, 2.24) is 0 Å². The van der Waals surface area contributed by atoms with Gasteiger partial charge in [-0.15, -0.1) is 0 Å². The monoisotopic (exact) mass is 366 g/mol. The molecule has 0 amide bonds. The van der Waals surface area contributed by atoms with Crippen molar-refractivity contribution in [2.24, 2.45) is 11.8 Å². The molecule has 0 nitrogen and oxygen atoms in total. The summed E-state index contributed by atoms with van der Waals surface area (Å²) in [5.74, 6) is 1.86. The third-order valence-corrected chi connectivity index (χ3v) is 6.03. The van der Waals surface area contributed by atoms with Crippen LogP contribution < -0.4 is 0 Å². The highest BCUT2D eigenvalue weighted by atomic mass is 14.1. The van der Waals surface area contributed by atoms with Crippen LogP contribution in [0.2, 0.25) is 0 Å². The Morgan fingerprint density at radius 1 is 0.385 bits per heavy atom. The highest BCUT2D eigenvalue weighted by Crippen LogP contribution is 2.19. The summed E-state index contributed by atoms with van der Waals surface area (Å²) in [5.41, 5.74) is 0. The van der Waals surface area contributed by atoms with Gasteiger partial charge in [-0.2, -0.15) is 0 Å². The summed E-state index contributed by atoms with van der Waals surface area (Å²) in [4.78, 5) is 0. The largest absolute Gasteiger partial charge is 0.0654 e. The SMILES string of the molecule is CCCCCCCCCCC(C)CCCCCCCCCCCC(C)C. The van der Waals surface area contributed by atoms with Crippen molar-refractivity contribution in [2.75, 3.05) is 0 Å². The fourth-order valence-corrected chi connectivity index (χ4v) is 4.05. The molecule has 0 aliphatic rings. The lowest BCUT2D eigenvalue weighted by Crippen LogP contribution is -1.95. The summed E-state index contributed by atoms with van der Waals surface area (Å²) in [7, 11) is 0. The number of unbranched alkanes of at least 4 members (excludes halogenated alkanes) is 15. The lowest BCUT2D eigenvalue weighted by Gasteiger charge is -2.11. The van der Waals surface area contributed by atoms with Crippen molar-refractivity contribution < 1.29 is 0 Å². The van der Waals surface area contributed by atoms with E-state index in [9.17, 15) is 0 Å². The van der Waals surface area contributed by atoms with Crippen LogP contribution in [-0.2, 0) is 0 Å². The summed E-state index contributed by atoms with van der Waals surface area (Å²) in [6.07, 6.45) is 29.3. The Kier molecular flexibility index (Phi) is 21.3. The molecule has 0 heteroatoms. The van der Waals surface area contributed by atoms with E-state index in [4.69, 9.17) is 0 Å². The summed E-state index contributed by atoms with van der Waals surface area (Å²) in [5, 5.41) is 0. The molecule has 158 valence electrons. The fraction of sp³-hybridized carbons (Fsp3) is 1.00. The summed E-state index contributed by atoms with van der Waals surface area (Å²) in [6.45, 7) is 9.47. The van der Waals surface area contributed by atoms with Crippen molar-refractivity contribution in [3.63, 3.8) is 0 Å². The first-order chi connectivity index (χ1) is 12.7. The summed E-state index contributed by atoms with van der Waals surface area (Å²) >= 11 is 0. The molecule has 0 spiro atoms. The molecule has 1 atom stereocenters. The van der Waals surface area contributed by atoms with Gasteiger partial charge >= 0.3 is 0 Å². The molecule has 0 heterocycles. The van der Waals surface area contributed by atoms with Crippen molar-refractivity contribution in [1.29, 1.82) is 0 Å². The smallest absolute Gasteiger partial charge is 0.0443 e. The molecule has 0 rings (SSSR count). The van der Waals surface area contributed by atoms with Gasteiger partial charge < -0.3 is 0 Å². The van der Waals surface area contributed by atoms with E-state index in [1.807, 2.05) is 0 Å². The van der Waals surface area contributed by atoms with E-state index in [2.05, 4.69) is 27.7 Å². The summed E-state index contributed by atoms with van der Waals surface area (Å²) in [6, 6.07) is 0. The van der Waals surface area contributed by atoms with E-state index in [0.717, 1.165) is 11.8 Å². The van der Waals surface area contributed by atoms with Gasteiger partial charge in [-0.3, -0.25) is 0 Å². The zero-order valence-corrected chi connectivity index (χ0v) is 19.3. The predicted octanol–water partition coefficient (Wildman–Crippen LogP) is 10.1. The molecule has 1 unspecified atom stereocenters. The Hall–Kier alpha value is 0. The van der Waals surface area contributed by atoms with E-state index < -0.39 is 0 Å². The lowest BCUT2D eigenvalue weighted by atomic mass is 9.95. The maximum Gasteiger partial charge on any atom is -0.0443 e. The van der Waals surface area contributed by atoms with Crippen molar-refractivity contribution >= 4 is 0 Å². The Balaban J connectivity index is 3.14. The maximum atomic E-state index is 2.48. The third-order valence-electron chi connectivity index (χ3n) is 6.03. The van der Waals surface area contributed by atoms with Gasteiger partial charge in [0.25, 0.3) is 0 Å². The van der Waals surface area contributed by atoms with E-state index in [1.54, 1.807) is 0 Å². The first-order valence-electron chi connectivity index (χ1n) is 12.7. The second-order valence-corrected chi connectivity index (χ2v) is 9.52. The predicted molar refractivity (Wildman–Crippen MR) is 122 cm³/mol. The van der Waals surface area contributed by atoms with Crippen molar-refractivity contribution in [2.45, 2.75) is 156 Å². The van der Waals surface area contributed by atoms with Gasteiger partial charge in [0.15, 0.2) is 0 Å². The molecule has 0 aliphatic carbocycles. The minimum absolute atomic E-state index is 0.896. The van der Waals surface area contributed by atoms with Crippen molar-refractivity contribution in [3.8, 4) is 0 Å². The van der Waals surface area contributed by atoms with Gasteiger partial charge in [0.05, 0.1) is 0 Å². The van der Waals surface area contributed by atoms with Crippen LogP contribution >= 0.6 is 0 Å². The minimum atomic E-state index is 0.896. The van der Waals surface area contributed by atoms with Gasteiger partial charge in [0.2, 0.25) is 0 Å². The molecule has 0 saturated heterocycles. The molecule has 0 aromatic heterocycles. The molecule has 0 aromatic carbocycles. The zero-order valence-electron chi connectivity index (χ0n) is 19.3. The molecule has 0 fully saturated rings. The number of hydrogen-bond donors (Lipinski definition) is 0. The molecule has 0 saturated carbocycles. The molecule has 0 bridgehead atoms. The first-order valence-corrected chi connectivity index (χ1v) is 12.7. The number of hydrogen-bond acceptors (Lipinski definition) is 0. The maximum absolute atomic E-state index is 2.48. The van der Waals surface area contributed by atoms with Gasteiger partial charge in [0, 0.05) is 0 Å². The molecular weight excluding hydrogens is 312 g/mol. The van der Waals surface area contributed by atoms with E-state index in [1.165, 1.54) is 128 Å². The van der Waals surface area contributed by atoms with Crippen LogP contribution in [0.1, 0.15) is 156 Å². The van der Waals surface area contributed by atoms with Gasteiger partial charge in [-0.1, -0.05) is 156 Å². The highest BCUT2D eigenvalue weighted by molar-refractivity contribution is 4.56. The van der Waals surface area contributed by atoms with Crippen LogP contribution in [0.3, 0.4) is 0 Å². The van der Waals surface area contributed by atoms with Crippen molar-refractivity contribution in [3.05, 3.63) is 0 Å². The zero-order chi connectivity index (χ0) is 19.3. The Morgan fingerprint density at radius 2 is 0.692 bits per heavy atom.